The Morgan fingerprint density at radius 1 is 1.43 bits per heavy atom. The molecule has 1 unspecified atom stereocenters. The first-order valence-electron chi connectivity index (χ1n) is 6.79. The number of methoxy groups -OCH3 is 1. The van der Waals surface area contributed by atoms with Crippen molar-refractivity contribution in [2.75, 3.05) is 25.6 Å². The maximum absolute atomic E-state index is 11.8. The molecule has 0 aliphatic rings. The molecule has 0 aromatic heterocycles. The van der Waals surface area contributed by atoms with Gasteiger partial charge in [0.05, 0.1) is 16.9 Å². The quantitative estimate of drug-likeness (QED) is 0.671. The number of nitriles is 1. The molecular formula is C15H18ClN3O4. The number of aliphatic hydroxyl groups is 1. The van der Waals surface area contributed by atoms with Crippen molar-refractivity contribution in [2.45, 2.75) is 18.9 Å². The topological polar surface area (TPSA) is 111 Å². The summed E-state index contributed by atoms with van der Waals surface area (Å²) in [4.78, 5) is 23.6. The second-order valence-corrected chi connectivity index (χ2v) is 5.61. The van der Waals surface area contributed by atoms with Crippen molar-refractivity contribution in [3.8, 4) is 6.07 Å². The maximum Gasteiger partial charge on any atom is 0.313 e. The summed E-state index contributed by atoms with van der Waals surface area (Å²) in [5.41, 5.74) is -0.867. The molecule has 8 heteroatoms. The Labute approximate surface area is 139 Å². The third kappa shape index (κ3) is 6.24. The number of ether oxygens (including phenoxy) is 1. The van der Waals surface area contributed by atoms with Gasteiger partial charge in [0.2, 0.25) is 0 Å². The maximum atomic E-state index is 11.8. The summed E-state index contributed by atoms with van der Waals surface area (Å²) in [6, 6.07) is 6.20. The highest BCUT2D eigenvalue weighted by molar-refractivity contribution is 6.40. The van der Waals surface area contributed by atoms with Gasteiger partial charge >= 0.3 is 11.8 Å². The molecule has 124 valence electrons. The fraction of sp³-hybridized carbons (Fsp3) is 0.400. The Kier molecular flexibility index (Phi) is 6.97. The Morgan fingerprint density at radius 2 is 2.13 bits per heavy atom. The first kappa shape index (κ1) is 18.9. The summed E-state index contributed by atoms with van der Waals surface area (Å²) < 4.78 is 4.85. The number of hydrogen-bond acceptors (Lipinski definition) is 5. The van der Waals surface area contributed by atoms with Crippen LogP contribution in [-0.2, 0) is 14.3 Å². The van der Waals surface area contributed by atoms with E-state index < -0.39 is 17.4 Å². The van der Waals surface area contributed by atoms with Crippen molar-refractivity contribution in [3.63, 3.8) is 0 Å². The minimum atomic E-state index is -1.19. The van der Waals surface area contributed by atoms with Gasteiger partial charge < -0.3 is 20.5 Å². The number of carbonyl (C=O) groups excluding carboxylic acids is 2. The van der Waals surface area contributed by atoms with Crippen molar-refractivity contribution in [1.82, 2.24) is 5.32 Å². The van der Waals surface area contributed by atoms with Crippen LogP contribution < -0.4 is 10.6 Å². The van der Waals surface area contributed by atoms with Crippen molar-refractivity contribution < 1.29 is 19.4 Å². The van der Waals surface area contributed by atoms with Crippen LogP contribution >= 0.6 is 11.6 Å². The summed E-state index contributed by atoms with van der Waals surface area (Å²) in [5, 5.41) is 23.9. The van der Waals surface area contributed by atoms with Crippen molar-refractivity contribution in [3.05, 3.63) is 28.8 Å². The van der Waals surface area contributed by atoms with Gasteiger partial charge in [-0.2, -0.15) is 5.26 Å². The summed E-state index contributed by atoms with van der Waals surface area (Å²) in [7, 11) is 1.50. The number of carbonyl (C=O) groups is 2. The zero-order valence-corrected chi connectivity index (χ0v) is 13.6. The number of nitrogens with zero attached hydrogens (tertiary/aromatic N) is 1. The van der Waals surface area contributed by atoms with Crippen LogP contribution in [0.1, 0.15) is 18.9 Å². The molecule has 0 saturated carbocycles. The molecule has 0 radical (unpaired) electrons. The van der Waals surface area contributed by atoms with Crippen molar-refractivity contribution >= 4 is 29.1 Å². The van der Waals surface area contributed by atoms with Crippen LogP contribution in [-0.4, -0.2) is 42.8 Å². The Balaban J connectivity index is 2.63. The molecule has 0 heterocycles. The van der Waals surface area contributed by atoms with E-state index in [-0.39, 0.29) is 17.8 Å². The molecule has 2 amide bonds. The van der Waals surface area contributed by atoms with Crippen LogP contribution in [0.25, 0.3) is 0 Å². The van der Waals surface area contributed by atoms with E-state index in [0.717, 1.165) is 0 Å². The van der Waals surface area contributed by atoms with Crippen LogP contribution in [0.3, 0.4) is 0 Å². The van der Waals surface area contributed by atoms with Gasteiger partial charge in [-0.1, -0.05) is 11.6 Å². The largest absolute Gasteiger partial charge is 0.388 e. The van der Waals surface area contributed by atoms with Gasteiger partial charge in [0.1, 0.15) is 6.07 Å². The standard InChI is InChI=1S/C15H18ClN3O4/c1-15(22,5-6-23-2)9-18-13(20)14(21)19-12-7-11(16)4-3-10(12)8-17/h3-4,7,22H,5-6,9H2,1-2H3,(H,18,20)(H,19,21). The van der Waals surface area contributed by atoms with E-state index in [1.807, 2.05) is 6.07 Å². The molecule has 0 spiro atoms. The number of benzene rings is 1. The summed E-state index contributed by atoms with van der Waals surface area (Å²) in [6.45, 7) is 1.74. The molecule has 1 atom stereocenters. The molecule has 1 aromatic rings. The molecule has 0 saturated heterocycles. The van der Waals surface area contributed by atoms with Gasteiger partial charge in [-0.25, -0.2) is 0 Å². The van der Waals surface area contributed by atoms with Crippen LogP contribution in [0.5, 0.6) is 0 Å². The highest BCUT2D eigenvalue weighted by Crippen LogP contribution is 2.20. The van der Waals surface area contributed by atoms with E-state index in [1.165, 1.54) is 32.2 Å². The number of halogens is 1. The molecular weight excluding hydrogens is 322 g/mol. The average Bonchev–Trinajstić information content (AvgIpc) is 2.51. The van der Waals surface area contributed by atoms with Crippen LogP contribution in [0.4, 0.5) is 5.69 Å². The van der Waals surface area contributed by atoms with E-state index in [0.29, 0.717) is 18.1 Å². The summed E-state index contributed by atoms with van der Waals surface area (Å²) >= 11 is 5.80. The van der Waals surface area contributed by atoms with E-state index in [2.05, 4.69) is 10.6 Å². The lowest BCUT2D eigenvalue weighted by Gasteiger charge is -2.23. The van der Waals surface area contributed by atoms with Gasteiger partial charge in [0.15, 0.2) is 0 Å². The third-order valence-electron chi connectivity index (χ3n) is 3.03. The SMILES string of the molecule is COCCC(C)(O)CNC(=O)C(=O)Nc1cc(Cl)ccc1C#N. The van der Waals surface area contributed by atoms with E-state index >= 15 is 0 Å². The first-order chi connectivity index (χ1) is 10.8. The number of amides is 2. The second-order valence-electron chi connectivity index (χ2n) is 5.18. The van der Waals surface area contributed by atoms with Gasteiger partial charge in [-0.05, 0) is 25.1 Å². The van der Waals surface area contributed by atoms with E-state index in [1.54, 1.807) is 0 Å². The lowest BCUT2D eigenvalue weighted by Crippen LogP contribution is -2.45. The zero-order valence-electron chi connectivity index (χ0n) is 12.9. The molecule has 0 aliphatic carbocycles. The predicted octanol–water partition coefficient (Wildman–Crippen LogP) is 1.05. The van der Waals surface area contributed by atoms with Crippen molar-refractivity contribution in [1.29, 1.82) is 5.26 Å². The normalized spacial score (nSPS) is 12.8. The smallest absolute Gasteiger partial charge is 0.313 e. The molecule has 3 N–H and O–H groups in total. The Hall–Kier alpha value is -2.14. The molecule has 1 rings (SSSR count). The van der Waals surface area contributed by atoms with Gasteiger partial charge in [-0.3, -0.25) is 9.59 Å². The number of rotatable bonds is 6. The van der Waals surface area contributed by atoms with E-state index in [4.69, 9.17) is 21.6 Å². The highest BCUT2D eigenvalue weighted by Gasteiger charge is 2.23. The minimum absolute atomic E-state index is 0.108. The van der Waals surface area contributed by atoms with Gasteiger partial charge in [-0.15, -0.1) is 0 Å². The third-order valence-corrected chi connectivity index (χ3v) is 3.27. The lowest BCUT2D eigenvalue weighted by atomic mass is 10.0. The Bertz CT molecular complexity index is 626. The molecule has 0 aliphatic heterocycles. The fourth-order valence-corrected chi connectivity index (χ4v) is 1.83. The lowest BCUT2D eigenvalue weighted by molar-refractivity contribution is -0.136. The van der Waals surface area contributed by atoms with Crippen molar-refractivity contribution in [2.24, 2.45) is 0 Å². The van der Waals surface area contributed by atoms with Gasteiger partial charge in [0.25, 0.3) is 0 Å². The zero-order chi connectivity index (χ0) is 17.5. The predicted molar refractivity (Wildman–Crippen MR) is 84.9 cm³/mol. The van der Waals surface area contributed by atoms with Crippen LogP contribution in [0.2, 0.25) is 5.02 Å². The van der Waals surface area contributed by atoms with E-state index in [9.17, 15) is 14.7 Å². The minimum Gasteiger partial charge on any atom is -0.388 e. The second kappa shape index (κ2) is 8.48. The molecule has 1 aromatic carbocycles. The summed E-state index contributed by atoms with van der Waals surface area (Å²) in [6.07, 6.45) is 0.304. The van der Waals surface area contributed by atoms with Crippen LogP contribution in [0, 0.1) is 11.3 Å². The molecule has 7 nitrogen and oxygen atoms in total. The molecule has 23 heavy (non-hydrogen) atoms. The number of anilines is 1. The Morgan fingerprint density at radius 3 is 2.74 bits per heavy atom. The average molecular weight is 340 g/mol. The fourth-order valence-electron chi connectivity index (χ4n) is 1.66. The molecule has 0 fully saturated rings. The first-order valence-corrected chi connectivity index (χ1v) is 7.17. The van der Waals surface area contributed by atoms with Crippen LogP contribution in [0.15, 0.2) is 18.2 Å². The molecule has 0 bridgehead atoms. The monoisotopic (exact) mass is 339 g/mol. The highest BCUT2D eigenvalue weighted by atomic mass is 35.5. The summed E-state index contributed by atoms with van der Waals surface area (Å²) in [5.74, 6) is -1.88. The number of nitrogens with one attached hydrogen (secondary N) is 2. The van der Waals surface area contributed by atoms with Gasteiger partial charge in [0, 0.05) is 31.7 Å². The number of hydrogen-bond donors (Lipinski definition) is 3.